The van der Waals surface area contributed by atoms with E-state index in [0.29, 0.717) is 18.2 Å². The fourth-order valence-corrected chi connectivity index (χ4v) is 2.50. The Morgan fingerprint density at radius 1 is 1.41 bits per heavy atom. The molecule has 0 aliphatic heterocycles. The van der Waals surface area contributed by atoms with E-state index in [1.54, 1.807) is 11.8 Å². The quantitative estimate of drug-likeness (QED) is 0.891. The minimum absolute atomic E-state index is 0.0407. The van der Waals surface area contributed by atoms with Gasteiger partial charge < -0.3 is 10.1 Å². The van der Waals surface area contributed by atoms with Gasteiger partial charge in [-0.1, -0.05) is 18.2 Å². The number of carbonyl (C=O) groups excluding carboxylic acids is 1. The van der Waals surface area contributed by atoms with Crippen molar-refractivity contribution in [3.05, 3.63) is 47.8 Å². The molecule has 0 radical (unpaired) electrons. The van der Waals surface area contributed by atoms with Gasteiger partial charge in [-0.3, -0.25) is 4.79 Å². The number of rotatable bonds is 6. The molecule has 1 aromatic carbocycles. The fraction of sp³-hybridized carbons (Fsp3) is 0.412. The van der Waals surface area contributed by atoms with Gasteiger partial charge in [0.25, 0.3) is 5.91 Å². The van der Waals surface area contributed by atoms with Gasteiger partial charge in [-0.25, -0.2) is 4.68 Å². The van der Waals surface area contributed by atoms with E-state index in [1.807, 2.05) is 43.3 Å². The van der Waals surface area contributed by atoms with Gasteiger partial charge in [0, 0.05) is 19.1 Å². The summed E-state index contributed by atoms with van der Waals surface area (Å²) in [6, 6.07) is 11.6. The summed E-state index contributed by atoms with van der Waals surface area (Å²) in [5, 5.41) is 7.60. The van der Waals surface area contributed by atoms with E-state index in [9.17, 15) is 4.79 Å². The van der Waals surface area contributed by atoms with Crippen LogP contribution >= 0.6 is 0 Å². The monoisotopic (exact) mass is 299 g/mol. The van der Waals surface area contributed by atoms with E-state index in [2.05, 4.69) is 10.4 Å². The van der Waals surface area contributed by atoms with E-state index in [-0.39, 0.29) is 11.9 Å². The van der Waals surface area contributed by atoms with Crippen LogP contribution in [0.25, 0.3) is 5.69 Å². The van der Waals surface area contributed by atoms with Crippen molar-refractivity contribution in [1.82, 2.24) is 15.1 Å². The molecule has 3 rings (SSSR count). The topological polar surface area (TPSA) is 56.1 Å². The largest absolute Gasteiger partial charge is 0.383 e. The number of aromatic nitrogens is 2. The van der Waals surface area contributed by atoms with Gasteiger partial charge in [0.15, 0.2) is 0 Å². The first-order valence-electron chi connectivity index (χ1n) is 7.64. The van der Waals surface area contributed by atoms with E-state index in [1.165, 1.54) is 0 Å². The highest BCUT2D eigenvalue weighted by molar-refractivity contribution is 5.93. The van der Waals surface area contributed by atoms with E-state index in [4.69, 9.17) is 4.74 Å². The summed E-state index contributed by atoms with van der Waals surface area (Å²) in [5.41, 5.74) is 2.49. The molecule has 22 heavy (non-hydrogen) atoms. The summed E-state index contributed by atoms with van der Waals surface area (Å²) < 4.78 is 6.81. The van der Waals surface area contributed by atoms with Crippen molar-refractivity contribution in [2.24, 2.45) is 0 Å². The van der Waals surface area contributed by atoms with Crippen LogP contribution in [0.15, 0.2) is 36.4 Å². The van der Waals surface area contributed by atoms with Gasteiger partial charge >= 0.3 is 0 Å². The molecule has 2 aromatic rings. The number of amides is 1. The van der Waals surface area contributed by atoms with Crippen molar-refractivity contribution < 1.29 is 9.53 Å². The molecule has 0 unspecified atom stereocenters. The van der Waals surface area contributed by atoms with Crippen LogP contribution in [0.5, 0.6) is 0 Å². The molecule has 1 amide bonds. The minimum atomic E-state index is -0.118. The summed E-state index contributed by atoms with van der Waals surface area (Å²) in [4.78, 5) is 12.6. The Balaban J connectivity index is 1.90. The number of carbonyl (C=O) groups is 1. The number of benzene rings is 1. The number of nitrogens with one attached hydrogen (secondary N) is 1. The van der Waals surface area contributed by atoms with Gasteiger partial charge in [-0.15, -0.1) is 0 Å². The molecular weight excluding hydrogens is 278 g/mol. The fourth-order valence-electron chi connectivity index (χ4n) is 2.50. The predicted molar refractivity (Wildman–Crippen MR) is 84.3 cm³/mol. The van der Waals surface area contributed by atoms with Crippen molar-refractivity contribution in [2.75, 3.05) is 13.7 Å². The normalized spacial score (nSPS) is 15.5. The number of hydrogen-bond donors (Lipinski definition) is 1. The second-order valence-corrected chi connectivity index (χ2v) is 5.81. The summed E-state index contributed by atoms with van der Waals surface area (Å²) in [6.45, 7) is 2.41. The molecule has 0 spiro atoms. The second kappa shape index (κ2) is 6.32. The molecule has 116 valence electrons. The van der Waals surface area contributed by atoms with Crippen LogP contribution in [0.3, 0.4) is 0 Å². The highest BCUT2D eigenvalue weighted by Crippen LogP contribution is 2.39. The number of hydrogen-bond acceptors (Lipinski definition) is 3. The Morgan fingerprint density at radius 3 is 2.77 bits per heavy atom. The van der Waals surface area contributed by atoms with E-state index >= 15 is 0 Å². The lowest BCUT2D eigenvalue weighted by Crippen LogP contribution is -2.36. The highest BCUT2D eigenvalue weighted by Gasteiger charge is 2.29. The maximum absolute atomic E-state index is 12.6. The average molecular weight is 299 g/mol. The van der Waals surface area contributed by atoms with Crippen LogP contribution in [0.4, 0.5) is 0 Å². The van der Waals surface area contributed by atoms with Crippen LogP contribution in [0, 0.1) is 0 Å². The smallest absolute Gasteiger partial charge is 0.270 e. The summed E-state index contributed by atoms with van der Waals surface area (Å²) >= 11 is 0. The first kappa shape index (κ1) is 14.8. The first-order chi connectivity index (χ1) is 10.7. The lowest BCUT2D eigenvalue weighted by atomic mass is 10.2. The van der Waals surface area contributed by atoms with Crippen LogP contribution in [-0.4, -0.2) is 35.4 Å². The molecule has 1 aliphatic carbocycles. The summed E-state index contributed by atoms with van der Waals surface area (Å²) in [5.74, 6) is 0.390. The molecule has 1 heterocycles. The van der Waals surface area contributed by atoms with Gasteiger partial charge in [0.2, 0.25) is 0 Å². The Hall–Kier alpha value is -2.14. The number of nitrogens with zero attached hydrogens (tertiary/aromatic N) is 2. The van der Waals surface area contributed by atoms with Crippen LogP contribution in [-0.2, 0) is 4.74 Å². The number of ether oxygens (including phenoxy) is 1. The van der Waals surface area contributed by atoms with Crippen molar-refractivity contribution in [3.8, 4) is 5.69 Å². The SMILES string of the molecule is COC[C@@H](C)NC(=O)c1cc(C2CC2)nn1-c1ccccc1. The van der Waals surface area contributed by atoms with Gasteiger partial charge in [-0.2, -0.15) is 5.10 Å². The predicted octanol–water partition coefficient (Wildman–Crippen LogP) is 2.51. The zero-order chi connectivity index (χ0) is 15.5. The maximum Gasteiger partial charge on any atom is 0.270 e. The summed E-state index contributed by atoms with van der Waals surface area (Å²) in [7, 11) is 1.63. The van der Waals surface area contributed by atoms with Crippen molar-refractivity contribution in [3.63, 3.8) is 0 Å². The van der Waals surface area contributed by atoms with Crippen molar-refractivity contribution >= 4 is 5.91 Å². The Labute approximate surface area is 130 Å². The Morgan fingerprint density at radius 2 is 2.14 bits per heavy atom. The van der Waals surface area contributed by atoms with Crippen LogP contribution in [0.1, 0.15) is 41.9 Å². The standard InChI is InChI=1S/C17H21N3O2/c1-12(11-22-2)18-17(21)16-10-15(13-8-9-13)19-20(16)14-6-4-3-5-7-14/h3-7,10,12-13H,8-9,11H2,1-2H3,(H,18,21)/t12-/m1/s1. The second-order valence-electron chi connectivity index (χ2n) is 5.81. The first-order valence-corrected chi connectivity index (χ1v) is 7.64. The van der Waals surface area contributed by atoms with E-state index < -0.39 is 0 Å². The third kappa shape index (κ3) is 3.20. The molecule has 1 atom stereocenters. The Kier molecular flexibility index (Phi) is 4.24. The summed E-state index contributed by atoms with van der Waals surface area (Å²) in [6.07, 6.45) is 2.32. The molecular formula is C17H21N3O2. The third-order valence-electron chi connectivity index (χ3n) is 3.75. The zero-order valence-corrected chi connectivity index (χ0v) is 13.0. The van der Waals surface area contributed by atoms with Gasteiger partial charge in [-0.05, 0) is 38.0 Å². The third-order valence-corrected chi connectivity index (χ3v) is 3.75. The molecule has 1 aliphatic rings. The molecule has 5 nitrogen and oxygen atoms in total. The molecule has 1 fully saturated rings. The zero-order valence-electron chi connectivity index (χ0n) is 13.0. The highest BCUT2D eigenvalue weighted by atomic mass is 16.5. The lowest BCUT2D eigenvalue weighted by Gasteiger charge is -2.13. The van der Waals surface area contributed by atoms with Gasteiger partial charge in [0.1, 0.15) is 5.69 Å². The van der Waals surface area contributed by atoms with Crippen LogP contribution < -0.4 is 5.32 Å². The van der Waals surface area contributed by atoms with Gasteiger partial charge in [0.05, 0.1) is 18.0 Å². The molecule has 1 N–H and O–H groups in total. The van der Waals surface area contributed by atoms with Crippen LogP contribution in [0.2, 0.25) is 0 Å². The van der Waals surface area contributed by atoms with Crippen molar-refractivity contribution in [2.45, 2.75) is 31.7 Å². The maximum atomic E-state index is 12.6. The average Bonchev–Trinajstić information content (AvgIpc) is 3.27. The molecule has 0 bridgehead atoms. The molecule has 1 aromatic heterocycles. The number of para-hydroxylation sites is 1. The molecule has 0 saturated heterocycles. The van der Waals surface area contributed by atoms with Crippen molar-refractivity contribution in [1.29, 1.82) is 0 Å². The Bertz CT molecular complexity index is 647. The number of methoxy groups -OCH3 is 1. The molecule has 5 heteroatoms. The minimum Gasteiger partial charge on any atom is -0.383 e. The molecule has 1 saturated carbocycles. The lowest BCUT2D eigenvalue weighted by molar-refractivity contribution is 0.0898. The van der Waals surface area contributed by atoms with E-state index in [0.717, 1.165) is 24.2 Å².